The second-order valence-electron chi connectivity index (χ2n) is 9.83. The Labute approximate surface area is 222 Å². The number of hydrogen-bond donors (Lipinski definition) is 1. The van der Waals surface area contributed by atoms with Gasteiger partial charge in [-0.2, -0.15) is 4.31 Å². The Morgan fingerprint density at radius 3 is 1.86 bits per heavy atom. The van der Waals surface area contributed by atoms with Gasteiger partial charge in [0.05, 0.1) is 22.6 Å². The molecular weight excluding hydrogens is 517 g/mol. The van der Waals surface area contributed by atoms with Crippen molar-refractivity contribution in [3.8, 4) is 0 Å². The van der Waals surface area contributed by atoms with Crippen molar-refractivity contribution in [3.63, 3.8) is 0 Å². The first-order chi connectivity index (χ1) is 16.9. The van der Waals surface area contributed by atoms with Crippen molar-refractivity contribution in [2.75, 3.05) is 0 Å². The van der Waals surface area contributed by atoms with Crippen LogP contribution in [0.4, 0.5) is 0 Å². The number of halogens is 2. The first-order valence-corrected chi connectivity index (χ1v) is 13.7. The highest BCUT2D eigenvalue weighted by Gasteiger charge is 2.44. The van der Waals surface area contributed by atoms with E-state index in [4.69, 9.17) is 23.2 Å². The van der Waals surface area contributed by atoms with Crippen LogP contribution in [0.15, 0.2) is 89.3 Å². The van der Waals surface area contributed by atoms with Crippen molar-refractivity contribution in [1.29, 1.82) is 0 Å². The summed E-state index contributed by atoms with van der Waals surface area (Å²) in [5.41, 5.74) is 2.25. The molecule has 0 aromatic heterocycles. The number of rotatable bonds is 5. The first kappa shape index (κ1) is 26.4. The molecule has 4 rings (SSSR count). The van der Waals surface area contributed by atoms with Gasteiger partial charge < -0.3 is 5.11 Å². The Hall–Kier alpha value is -2.64. The highest BCUT2D eigenvalue weighted by Crippen LogP contribution is 2.46. The van der Waals surface area contributed by atoms with Gasteiger partial charge in [0, 0.05) is 10.0 Å². The minimum atomic E-state index is -4.15. The van der Waals surface area contributed by atoms with Crippen LogP contribution >= 0.6 is 23.2 Å². The van der Waals surface area contributed by atoms with Gasteiger partial charge in [0.25, 0.3) is 0 Å². The largest absolute Gasteiger partial charge is 0.478 e. The van der Waals surface area contributed by atoms with Crippen LogP contribution in [-0.4, -0.2) is 23.8 Å². The minimum Gasteiger partial charge on any atom is -0.478 e. The number of sulfonamides is 1. The predicted molar refractivity (Wildman–Crippen MR) is 143 cm³/mol. The molecule has 1 aliphatic heterocycles. The summed E-state index contributed by atoms with van der Waals surface area (Å²) in [6.45, 7) is 6.25. The Bertz CT molecular complexity index is 1390. The summed E-state index contributed by atoms with van der Waals surface area (Å²) in [4.78, 5) is 12.4. The maximum Gasteiger partial charge on any atom is 0.333 e. The van der Waals surface area contributed by atoms with Gasteiger partial charge in [0.2, 0.25) is 10.0 Å². The number of carbonyl (C=O) groups is 1. The average Bonchev–Trinajstić information content (AvgIpc) is 2.83. The van der Waals surface area contributed by atoms with Crippen LogP contribution in [0.25, 0.3) is 0 Å². The molecule has 0 saturated heterocycles. The molecule has 0 unspecified atom stereocenters. The lowest BCUT2D eigenvalue weighted by Crippen LogP contribution is -2.42. The zero-order chi connectivity index (χ0) is 26.3. The van der Waals surface area contributed by atoms with Gasteiger partial charge in [-0.15, -0.1) is 0 Å². The molecule has 1 aliphatic rings. The molecule has 0 spiro atoms. The van der Waals surface area contributed by atoms with E-state index >= 15 is 0 Å². The van der Waals surface area contributed by atoms with Crippen LogP contribution in [0.2, 0.25) is 10.0 Å². The van der Waals surface area contributed by atoms with E-state index in [1.54, 1.807) is 30.3 Å². The van der Waals surface area contributed by atoms with Crippen molar-refractivity contribution >= 4 is 39.2 Å². The van der Waals surface area contributed by atoms with E-state index in [0.717, 1.165) is 5.56 Å². The van der Waals surface area contributed by atoms with Crippen LogP contribution in [0.1, 0.15) is 56.0 Å². The number of carboxylic acids is 1. The molecule has 0 fully saturated rings. The van der Waals surface area contributed by atoms with Crippen molar-refractivity contribution in [3.05, 3.63) is 111 Å². The van der Waals surface area contributed by atoms with E-state index in [1.165, 1.54) is 28.6 Å². The molecule has 0 aliphatic carbocycles. The number of nitrogens with zero attached hydrogens (tertiary/aromatic N) is 1. The van der Waals surface area contributed by atoms with Crippen LogP contribution < -0.4 is 0 Å². The third-order valence-corrected chi connectivity index (χ3v) is 8.79. The van der Waals surface area contributed by atoms with Crippen molar-refractivity contribution in [2.45, 2.75) is 49.6 Å². The molecule has 5 nitrogen and oxygen atoms in total. The Kier molecular flexibility index (Phi) is 7.35. The summed E-state index contributed by atoms with van der Waals surface area (Å²) in [6.07, 6.45) is 1.82. The summed E-state index contributed by atoms with van der Waals surface area (Å²) in [5, 5.41) is 11.0. The summed E-state index contributed by atoms with van der Waals surface area (Å²) in [6, 6.07) is 18.7. The molecule has 0 saturated carbocycles. The second kappa shape index (κ2) is 10.0. The maximum absolute atomic E-state index is 14.2. The quantitative estimate of drug-likeness (QED) is 0.369. The fourth-order valence-corrected chi connectivity index (χ4v) is 6.50. The molecule has 36 heavy (non-hydrogen) atoms. The summed E-state index contributed by atoms with van der Waals surface area (Å²) in [7, 11) is -4.15. The van der Waals surface area contributed by atoms with Crippen LogP contribution in [-0.2, 0) is 20.2 Å². The van der Waals surface area contributed by atoms with Crippen molar-refractivity contribution < 1.29 is 18.3 Å². The van der Waals surface area contributed by atoms with E-state index in [0.29, 0.717) is 21.2 Å². The molecular formula is C28H27Cl2NO4S. The third-order valence-electron chi connectivity index (χ3n) is 6.40. The fraction of sp³-hybridized carbons (Fsp3) is 0.250. The van der Waals surface area contributed by atoms with Gasteiger partial charge >= 0.3 is 5.97 Å². The highest BCUT2D eigenvalue weighted by atomic mass is 35.5. The first-order valence-electron chi connectivity index (χ1n) is 11.5. The number of carboxylic acid groups (broad SMARTS) is 1. The number of benzene rings is 3. The Morgan fingerprint density at radius 1 is 0.861 bits per heavy atom. The van der Waals surface area contributed by atoms with E-state index in [9.17, 15) is 18.3 Å². The lowest BCUT2D eigenvalue weighted by atomic mass is 9.84. The Balaban J connectivity index is 1.94. The van der Waals surface area contributed by atoms with Gasteiger partial charge in [0.1, 0.15) is 0 Å². The normalized spacial score (nSPS) is 19.1. The minimum absolute atomic E-state index is 0.0151. The molecule has 2 atom stereocenters. The highest BCUT2D eigenvalue weighted by molar-refractivity contribution is 7.89. The summed E-state index contributed by atoms with van der Waals surface area (Å²) in [5.74, 6) is -1.16. The third kappa shape index (κ3) is 5.23. The molecule has 0 bridgehead atoms. The molecule has 188 valence electrons. The van der Waals surface area contributed by atoms with E-state index in [1.807, 2.05) is 24.3 Å². The molecule has 0 amide bonds. The van der Waals surface area contributed by atoms with Gasteiger partial charge in [-0.3, -0.25) is 0 Å². The zero-order valence-electron chi connectivity index (χ0n) is 20.2. The molecule has 8 heteroatoms. The number of hydrogen-bond acceptors (Lipinski definition) is 3. The molecule has 0 radical (unpaired) electrons. The molecule has 1 N–H and O–H groups in total. The smallest absolute Gasteiger partial charge is 0.333 e. The van der Waals surface area contributed by atoms with Crippen LogP contribution in [0.3, 0.4) is 0 Å². The molecule has 3 aromatic rings. The standard InChI is InChI=1S/C28H27Cl2NO4S/c1-28(2,3)20-8-4-19(5-9-20)26-24(27(32)33)16-17-25(18-6-10-21(29)11-7-18)31(26)36(34,35)23-14-12-22(30)13-15-23/h4-16,25-26H,17H2,1-3H3,(H,32,33)/t25-,26-/m0/s1. The van der Waals surface area contributed by atoms with Gasteiger partial charge in [-0.1, -0.05) is 86.4 Å². The average molecular weight is 545 g/mol. The van der Waals surface area contributed by atoms with E-state index in [-0.39, 0.29) is 22.3 Å². The fourth-order valence-electron chi connectivity index (χ4n) is 4.47. The van der Waals surface area contributed by atoms with Gasteiger partial charge in [-0.25, -0.2) is 13.2 Å². The summed E-state index contributed by atoms with van der Waals surface area (Å²) >= 11 is 12.1. The lowest BCUT2D eigenvalue weighted by molar-refractivity contribution is -0.133. The van der Waals surface area contributed by atoms with Gasteiger partial charge in [-0.05, 0) is 64.9 Å². The van der Waals surface area contributed by atoms with Crippen LogP contribution in [0.5, 0.6) is 0 Å². The summed E-state index contributed by atoms with van der Waals surface area (Å²) < 4.78 is 29.6. The second-order valence-corrected chi connectivity index (χ2v) is 12.5. The van der Waals surface area contributed by atoms with Crippen LogP contribution in [0, 0.1) is 0 Å². The SMILES string of the molecule is CC(C)(C)c1ccc([C@H]2C(C(=O)O)=CC[C@@H](c3ccc(Cl)cc3)N2S(=O)(=O)c2ccc(Cl)cc2)cc1. The zero-order valence-corrected chi connectivity index (χ0v) is 22.5. The number of aliphatic carboxylic acids is 1. The predicted octanol–water partition coefficient (Wildman–Crippen LogP) is 7.18. The van der Waals surface area contributed by atoms with Crippen molar-refractivity contribution in [1.82, 2.24) is 4.31 Å². The van der Waals surface area contributed by atoms with E-state index in [2.05, 4.69) is 20.8 Å². The molecule has 1 heterocycles. The van der Waals surface area contributed by atoms with E-state index < -0.39 is 28.1 Å². The Morgan fingerprint density at radius 2 is 1.36 bits per heavy atom. The van der Waals surface area contributed by atoms with Gasteiger partial charge in [0.15, 0.2) is 0 Å². The maximum atomic E-state index is 14.2. The van der Waals surface area contributed by atoms with Crippen molar-refractivity contribution in [2.24, 2.45) is 0 Å². The lowest BCUT2D eigenvalue weighted by Gasteiger charge is -2.40. The topological polar surface area (TPSA) is 74.7 Å². The molecule has 3 aromatic carbocycles. The monoisotopic (exact) mass is 543 g/mol.